The highest BCUT2D eigenvalue weighted by Crippen LogP contribution is 2.39. The number of fused-ring (bicyclic) bond motifs is 1. The van der Waals surface area contributed by atoms with Crippen molar-refractivity contribution in [3.63, 3.8) is 0 Å². The predicted molar refractivity (Wildman–Crippen MR) is 164 cm³/mol. The minimum Gasteiger partial charge on any atom is -0.444 e. The van der Waals surface area contributed by atoms with E-state index in [0.717, 1.165) is 21.7 Å². The second-order valence-corrected chi connectivity index (χ2v) is 14.3. The lowest BCUT2D eigenvalue weighted by Gasteiger charge is -2.37. The van der Waals surface area contributed by atoms with Crippen LogP contribution in [0.1, 0.15) is 77.0 Å². The van der Waals surface area contributed by atoms with Crippen LogP contribution in [0.4, 0.5) is 4.79 Å². The van der Waals surface area contributed by atoms with Gasteiger partial charge in [0.15, 0.2) is 0 Å². The van der Waals surface area contributed by atoms with Gasteiger partial charge in [-0.1, -0.05) is 43.3 Å². The summed E-state index contributed by atoms with van der Waals surface area (Å²) in [6.45, 7) is 13.4. The maximum absolute atomic E-state index is 14.3. The molecule has 0 bridgehead atoms. The third-order valence-corrected chi connectivity index (χ3v) is 9.09. The standard InChI is InChI=1S/C31H41N7O5S/c1-18(20-8-10-21(11-9-20)25-19(2)32-17-44-25)34-27(40)24-12-23(39)15-37(24)28(41)26-31(6,7)16-36(29(42)43-30(3,4)5)14-22-13-33-35-38(22)26/h8-11,13,17-18,23-24,26,39H,12,14-16H2,1-7H3,(H,34,40)/t18-,23+,24-,26+/m0/s1. The van der Waals surface area contributed by atoms with E-state index < -0.39 is 35.3 Å². The summed E-state index contributed by atoms with van der Waals surface area (Å²) in [4.78, 5) is 49.5. The quantitative estimate of drug-likeness (QED) is 0.436. The predicted octanol–water partition coefficient (Wildman–Crippen LogP) is 3.87. The lowest BCUT2D eigenvalue weighted by molar-refractivity contribution is -0.144. The van der Waals surface area contributed by atoms with Crippen LogP contribution < -0.4 is 5.32 Å². The average Bonchev–Trinajstić information content (AvgIpc) is 3.66. The molecule has 4 atom stereocenters. The normalized spacial score (nSPS) is 22.2. The smallest absolute Gasteiger partial charge is 0.410 e. The first-order valence-electron chi connectivity index (χ1n) is 14.8. The van der Waals surface area contributed by atoms with E-state index in [9.17, 15) is 19.5 Å². The topological polar surface area (TPSA) is 143 Å². The summed E-state index contributed by atoms with van der Waals surface area (Å²) in [6.07, 6.45) is 0.305. The number of aliphatic hydroxyl groups excluding tert-OH is 1. The minimum atomic E-state index is -0.868. The molecule has 12 nitrogen and oxygen atoms in total. The van der Waals surface area contributed by atoms with Crippen molar-refractivity contribution < 1.29 is 24.2 Å². The summed E-state index contributed by atoms with van der Waals surface area (Å²) >= 11 is 1.58. The number of aromatic nitrogens is 4. The fourth-order valence-electron chi connectivity index (χ4n) is 6.01. The molecule has 44 heavy (non-hydrogen) atoms. The van der Waals surface area contributed by atoms with E-state index in [1.165, 1.54) is 11.1 Å². The van der Waals surface area contributed by atoms with Crippen molar-refractivity contribution in [3.8, 4) is 10.4 Å². The van der Waals surface area contributed by atoms with E-state index in [0.29, 0.717) is 5.69 Å². The molecule has 2 aliphatic rings. The number of nitrogens with one attached hydrogen (secondary N) is 1. The van der Waals surface area contributed by atoms with Crippen LogP contribution in [0.15, 0.2) is 36.0 Å². The van der Waals surface area contributed by atoms with Crippen LogP contribution >= 0.6 is 11.3 Å². The van der Waals surface area contributed by atoms with Crippen LogP contribution in [0.3, 0.4) is 0 Å². The van der Waals surface area contributed by atoms with E-state index in [2.05, 4.69) is 20.6 Å². The van der Waals surface area contributed by atoms with Gasteiger partial charge in [-0.3, -0.25) is 9.59 Å². The number of carbonyl (C=O) groups excluding carboxylic acids is 3. The number of nitrogens with zero attached hydrogens (tertiary/aromatic N) is 6. The number of amides is 3. The summed E-state index contributed by atoms with van der Waals surface area (Å²) in [5.41, 5.74) is 3.85. The van der Waals surface area contributed by atoms with Crippen LogP contribution in [0.5, 0.6) is 0 Å². The Kier molecular flexibility index (Phi) is 8.56. The molecule has 0 saturated carbocycles. The molecule has 1 fully saturated rings. The molecule has 0 unspecified atom stereocenters. The van der Waals surface area contributed by atoms with Crippen molar-refractivity contribution in [2.75, 3.05) is 13.1 Å². The number of aliphatic hydroxyl groups is 1. The number of ether oxygens (including phenoxy) is 1. The number of aryl methyl sites for hydroxylation is 1. The Bertz CT molecular complexity index is 1530. The third kappa shape index (κ3) is 6.48. The highest BCUT2D eigenvalue weighted by atomic mass is 32.1. The van der Waals surface area contributed by atoms with Gasteiger partial charge in [0.1, 0.15) is 17.7 Å². The number of rotatable bonds is 5. The zero-order valence-electron chi connectivity index (χ0n) is 26.3. The third-order valence-electron chi connectivity index (χ3n) is 8.11. The molecule has 2 aromatic heterocycles. The number of benzene rings is 1. The fraction of sp³-hybridized carbons (Fsp3) is 0.548. The Hall–Kier alpha value is -3.84. The summed E-state index contributed by atoms with van der Waals surface area (Å²) in [5, 5.41) is 22.0. The lowest BCUT2D eigenvalue weighted by Crippen LogP contribution is -2.52. The molecular formula is C31H41N7O5S. The lowest BCUT2D eigenvalue weighted by atomic mass is 9.83. The van der Waals surface area contributed by atoms with Crippen LogP contribution in [-0.2, 0) is 20.9 Å². The van der Waals surface area contributed by atoms with E-state index in [1.54, 1.807) is 41.7 Å². The van der Waals surface area contributed by atoms with E-state index in [-0.39, 0.29) is 43.9 Å². The van der Waals surface area contributed by atoms with Gasteiger partial charge in [-0.05, 0) is 45.7 Å². The second kappa shape index (κ2) is 11.9. The summed E-state index contributed by atoms with van der Waals surface area (Å²) in [6, 6.07) is 5.91. The monoisotopic (exact) mass is 623 g/mol. The van der Waals surface area contributed by atoms with Gasteiger partial charge in [0.05, 0.1) is 46.7 Å². The van der Waals surface area contributed by atoms with Crippen LogP contribution in [0.2, 0.25) is 0 Å². The second-order valence-electron chi connectivity index (χ2n) is 13.4. The number of carbonyl (C=O) groups is 3. The van der Waals surface area contributed by atoms with Gasteiger partial charge in [0, 0.05) is 24.9 Å². The number of hydrogen-bond acceptors (Lipinski definition) is 9. The molecule has 0 aliphatic carbocycles. The molecular weight excluding hydrogens is 582 g/mol. The first-order chi connectivity index (χ1) is 20.6. The molecule has 3 amide bonds. The molecule has 2 aliphatic heterocycles. The van der Waals surface area contributed by atoms with Crippen LogP contribution in [0, 0.1) is 12.3 Å². The molecule has 0 spiro atoms. The van der Waals surface area contributed by atoms with Gasteiger partial charge in [-0.2, -0.15) is 0 Å². The SMILES string of the molecule is Cc1ncsc1-c1ccc([C@H](C)NC(=O)[C@@H]2C[C@@H](O)CN2C(=O)[C@H]2n3nncc3CN(C(=O)OC(C)(C)C)CC2(C)C)cc1. The van der Waals surface area contributed by atoms with Crippen molar-refractivity contribution in [1.82, 2.24) is 35.1 Å². The Labute approximate surface area is 261 Å². The van der Waals surface area contributed by atoms with Crippen molar-refractivity contribution in [2.24, 2.45) is 5.41 Å². The molecule has 4 heterocycles. The Morgan fingerprint density at radius 1 is 1.18 bits per heavy atom. The van der Waals surface area contributed by atoms with E-state index in [1.807, 2.05) is 57.5 Å². The van der Waals surface area contributed by atoms with E-state index >= 15 is 0 Å². The molecule has 5 rings (SSSR count). The van der Waals surface area contributed by atoms with Crippen LogP contribution in [-0.4, -0.2) is 83.6 Å². The minimum absolute atomic E-state index is 0.0145. The molecule has 236 valence electrons. The highest BCUT2D eigenvalue weighted by molar-refractivity contribution is 7.13. The zero-order chi connectivity index (χ0) is 32.0. The van der Waals surface area contributed by atoms with E-state index in [4.69, 9.17) is 4.74 Å². The highest BCUT2D eigenvalue weighted by Gasteiger charge is 2.49. The number of β-amino-alcohol motifs (C(OH)–C–C–N with tert-alkyl or cyclic N) is 1. The maximum atomic E-state index is 14.3. The van der Waals surface area contributed by atoms with Gasteiger partial charge in [0.25, 0.3) is 0 Å². The molecule has 1 aromatic carbocycles. The summed E-state index contributed by atoms with van der Waals surface area (Å²) in [5.74, 6) is -0.702. The van der Waals surface area contributed by atoms with Gasteiger partial charge < -0.3 is 25.0 Å². The van der Waals surface area contributed by atoms with Gasteiger partial charge in [-0.25, -0.2) is 14.5 Å². The largest absolute Gasteiger partial charge is 0.444 e. The number of likely N-dealkylation sites (tertiary alicyclic amines) is 1. The molecule has 1 saturated heterocycles. The average molecular weight is 624 g/mol. The maximum Gasteiger partial charge on any atom is 0.410 e. The number of hydrogen-bond donors (Lipinski definition) is 2. The fourth-order valence-corrected chi connectivity index (χ4v) is 6.82. The van der Waals surface area contributed by atoms with Gasteiger partial charge in [0.2, 0.25) is 11.8 Å². The zero-order valence-corrected chi connectivity index (χ0v) is 27.1. The first-order valence-corrected chi connectivity index (χ1v) is 15.7. The summed E-state index contributed by atoms with van der Waals surface area (Å²) in [7, 11) is 0. The number of thiazole rings is 1. The van der Waals surface area contributed by atoms with Crippen molar-refractivity contribution >= 4 is 29.2 Å². The molecule has 13 heteroatoms. The van der Waals surface area contributed by atoms with Crippen molar-refractivity contribution in [2.45, 2.75) is 91.3 Å². The van der Waals surface area contributed by atoms with Crippen molar-refractivity contribution in [1.29, 1.82) is 0 Å². The Morgan fingerprint density at radius 2 is 1.89 bits per heavy atom. The molecule has 0 radical (unpaired) electrons. The molecule has 3 aromatic rings. The van der Waals surface area contributed by atoms with Crippen LogP contribution in [0.25, 0.3) is 10.4 Å². The first kappa shape index (κ1) is 31.6. The molecule has 2 N–H and O–H groups in total. The summed E-state index contributed by atoms with van der Waals surface area (Å²) < 4.78 is 7.18. The van der Waals surface area contributed by atoms with Gasteiger partial charge >= 0.3 is 6.09 Å². The van der Waals surface area contributed by atoms with Crippen molar-refractivity contribution in [3.05, 3.63) is 52.9 Å². The Balaban J connectivity index is 1.34. The Morgan fingerprint density at radius 3 is 2.52 bits per heavy atom. The van der Waals surface area contributed by atoms with Gasteiger partial charge in [-0.15, -0.1) is 16.4 Å².